The molecule has 0 saturated carbocycles. The summed E-state index contributed by atoms with van der Waals surface area (Å²) in [5.41, 5.74) is 3.54. The summed E-state index contributed by atoms with van der Waals surface area (Å²) in [6.07, 6.45) is 0. The molecule has 0 radical (unpaired) electrons. The van der Waals surface area contributed by atoms with Gasteiger partial charge in [0.25, 0.3) is 5.91 Å². The number of carbonyl (C=O) groups excluding carboxylic acids is 1. The van der Waals surface area contributed by atoms with Gasteiger partial charge in [0, 0.05) is 6.07 Å². The van der Waals surface area contributed by atoms with E-state index in [0.29, 0.717) is 6.07 Å². The predicted molar refractivity (Wildman–Crippen MR) is 41.4 cm³/mol. The molecule has 1 aromatic carbocycles. The average molecular weight is 205 g/mol. The number of benzene rings is 1. The summed E-state index contributed by atoms with van der Waals surface area (Å²) in [6.45, 7) is 0. The van der Waals surface area contributed by atoms with Crippen LogP contribution in [0.4, 0.5) is 13.2 Å². The number of methoxy groups -OCH3 is 1. The SMILES string of the molecule is COc1cc(F)c(C(N)=O)c(F)c1F. The first-order valence-corrected chi connectivity index (χ1v) is 3.50. The number of nitrogens with two attached hydrogens (primary N) is 1. The van der Waals surface area contributed by atoms with Crippen molar-refractivity contribution in [1.82, 2.24) is 0 Å². The topological polar surface area (TPSA) is 52.3 Å². The number of carbonyl (C=O) groups is 1. The van der Waals surface area contributed by atoms with Gasteiger partial charge in [0.2, 0.25) is 5.82 Å². The van der Waals surface area contributed by atoms with Gasteiger partial charge in [-0.15, -0.1) is 0 Å². The molecule has 0 heterocycles. The lowest BCUT2D eigenvalue weighted by Gasteiger charge is -2.06. The largest absolute Gasteiger partial charge is 0.493 e. The van der Waals surface area contributed by atoms with E-state index in [4.69, 9.17) is 0 Å². The lowest BCUT2D eigenvalue weighted by atomic mass is 10.1. The van der Waals surface area contributed by atoms with Crippen LogP contribution in [0.2, 0.25) is 0 Å². The third-order valence-electron chi connectivity index (χ3n) is 1.59. The van der Waals surface area contributed by atoms with Crippen LogP contribution < -0.4 is 10.5 Å². The second-order valence-electron chi connectivity index (χ2n) is 2.43. The summed E-state index contributed by atoms with van der Waals surface area (Å²) < 4.78 is 43.2. The Labute approximate surface area is 77.3 Å². The number of halogens is 3. The van der Waals surface area contributed by atoms with Crippen molar-refractivity contribution in [2.75, 3.05) is 7.11 Å². The highest BCUT2D eigenvalue weighted by Gasteiger charge is 2.22. The zero-order valence-corrected chi connectivity index (χ0v) is 7.11. The van der Waals surface area contributed by atoms with Crippen LogP contribution in [0.25, 0.3) is 0 Å². The lowest BCUT2D eigenvalue weighted by molar-refractivity contribution is 0.0991. The molecule has 0 aliphatic heterocycles. The van der Waals surface area contributed by atoms with Crippen molar-refractivity contribution in [2.45, 2.75) is 0 Å². The molecule has 6 heteroatoms. The van der Waals surface area contributed by atoms with E-state index in [9.17, 15) is 18.0 Å². The van der Waals surface area contributed by atoms with E-state index >= 15 is 0 Å². The fraction of sp³-hybridized carbons (Fsp3) is 0.125. The first-order valence-electron chi connectivity index (χ1n) is 3.50. The molecule has 3 nitrogen and oxygen atoms in total. The minimum atomic E-state index is -1.64. The summed E-state index contributed by atoms with van der Waals surface area (Å²) in [7, 11) is 1.04. The van der Waals surface area contributed by atoms with E-state index in [1.54, 1.807) is 0 Å². The van der Waals surface area contributed by atoms with Crippen molar-refractivity contribution in [2.24, 2.45) is 5.73 Å². The first kappa shape index (κ1) is 10.4. The third-order valence-corrected chi connectivity index (χ3v) is 1.59. The van der Waals surface area contributed by atoms with Crippen molar-refractivity contribution in [3.05, 3.63) is 29.1 Å². The van der Waals surface area contributed by atoms with Crippen LogP contribution in [-0.4, -0.2) is 13.0 Å². The molecule has 14 heavy (non-hydrogen) atoms. The van der Waals surface area contributed by atoms with Crippen LogP contribution in [0.1, 0.15) is 10.4 Å². The lowest BCUT2D eigenvalue weighted by Crippen LogP contribution is -2.17. The zero-order chi connectivity index (χ0) is 10.9. The number of ether oxygens (including phenoxy) is 1. The van der Waals surface area contributed by atoms with Crippen LogP contribution in [0.15, 0.2) is 6.07 Å². The Morgan fingerprint density at radius 1 is 1.36 bits per heavy atom. The van der Waals surface area contributed by atoms with E-state index in [2.05, 4.69) is 10.5 Å². The first-order chi connectivity index (χ1) is 6.49. The number of rotatable bonds is 2. The molecule has 0 aliphatic rings. The maximum Gasteiger partial charge on any atom is 0.254 e. The van der Waals surface area contributed by atoms with Gasteiger partial charge in [0.15, 0.2) is 11.6 Å². The highest BCUT2D eigenvalue weighted by atomic mass is 19.2. The standard InChI is InChI=1S/C8H6F3NO2/c1-14-4-2-3(9)5(8(12)13)7(11)6(4)10/h2H,1H3,(H2,12,13). The Kier molecular flexibility index (Phi) is 2.64. The molecule has 1 amide bonds. The molecule has 1 aromatic rings. The molecule has 1 rings (SSSR count). The minimum absolute atomic E-state index is 0.554. The normalized spacial score (nSPS) is 10.0. The van der Waals surface area contributed by atoms with Gasteiger partial charge in [0.05, 0.1) is 7.11 Å². The highest BCUT2D eigenvalue weighted by molar-refractivity contribution is 5.93. The van der Waals surface area contributed by atoms with Gasteiger partial charge in [-0.25, -0.2) is 8.78 Å². The molecule has 0 unspecified atom stereocenters. The van der Waals surface area contributed by atoms with E-state index < -0.39 is 34.7 Å². The van der Waals surface area contributed by atoms with Crippen molar-refractivity contribution in [1.29, 1.82) is 0 Å². The van der Waals surface area contributed by atoms with Crippen molar-refractivity contribution < 1.29 is 22.7 Å². The van der Waals surface area contributed by atoms with Crippen LogP contribution in [0, 0.1) is 17.5 Å². The Balaban J connectivity index is 3.49. The zero-order valence-electron chi connectivity index (χ0n) is 7.11. The van der Waals surface area contributed by atoms with E-state index in [1.807, 2.05) is 0 Å². The Morgan fingerprint density at radius 3 is 2.36 bits per heavy atom. The highest BCUT2D eigenvalue weighted by Crippen LogP contribution is 2.24. The van der Waals surface area contributed by atoms with Crippen LogP contribution in [-0.2, 0) is 0 Å². The van der Waals surface area contributed by atoms with Crippen LogP contribution >= 0.6 is 0 Å². The van der Waals surface area contributed by atoms with Gasteiger partial charge in [0.1, 0.15) is 11.4 Å². The van der Waals surface area contributed by atoms with Crippen molar-refractivity contribution in [3.8, 4) is 5.75 Å². The molecular formula is C8H6F3NO2. The van der Waals surface area contributed by atoms with Crippen molar-refractivity contribution in [3.63, 3.8) is 0 Å². The third kappa shape index (κ3) is 1.50. The van der Waals surface area contributed by atoms with Crippen molar-refractivity contribution >= 4 is 5.91 Å². The summed E-state index contributed by atoms with van der Waals surface area (Å²) in [4.78, 5) is 10.5. The van der Waals surface area contributed by atoms with Gasteiger partial charge in [-0.2, -0.15) is 4.39 Å². The smallest absolute Gasteiger partial charge is 0.254 e. The molecule has 0 atom stereocenters. The number of primary amides is 1. The molecule has 0 aliphatic carbocycles. The summed E-state index contributed by atoms with van der Waals surface area (Å²) in [5, 5.41) is 0. The predicted octanol–water partition coefficient (Wildman–Crippen LogP) is 1.21. The average Bonchev–Trinajstić information content (AvgIpc) is 2.10. The second-order valence-corrected chi connectivity index (χ2v) is 2.43. The second kappa shape index (κ2) is 3.57. The number of hydrogen-bond donors (Lipinski definition) is 1. The molecule has 0 spiro atoms. The van der Waals surface area contributed by atoms with Gasteiger partial charge in [-0.3, -0.25) is 4.79 Å². The van der Waals surface area contributed by atoms with Crippen LogP contribution in [0.5, 0.6) is 5.75 Å². The number of hydrogen-bond acceptors (Lipinski definition) is 2. The van der Waals surface area contributed by atoms with E-state index in [-0.39, 0.29) is 0 Å². The molecule has 0 fully saturated rings. The summed E-state index contributed by atoms with van der Waals surface area (Å²) >= 11 is 0. The summed E-state index contributed by atoms with van der Waals surface area (Å²) in [5.74, 6) is -6.34. The van der Waals surface area contributed by atoms with E-state index in [0.717, 1.165) is 7.11 Å². The molecule has 2 N–H and O–H groups in total. The maximum absolute atomic E-state index is 13.0. The maximum atomic E-state index is 13.0. The molecule has 76 valence electrons. The quantitative estimate of drug-likeness (QED) is 0.738. The van der Waals surface area contributed by atoms with Gasteiger partial charge >= 0.3 is 0 Å². The Hall–Kier alpha value is -1.72. The fourth-order valence-corrected chi connectivity index (χ4v) is 0.948. The van der Waals surface area contributed by atoms with E-state index in [1.165, 1.54) is 0 Å². The molecule has 0 bridgehead atoms. The van der Waals surface area contributed by atoms with Crippen LogP contribution in [0.3, 0.4) is 0 Å². The molecular weight excluding hydrogens is 199 g/mol. The van der Waals surface area contributed by atoms with Gasteiger partial charge in [-0.1, -0.05) is 0 Å². The van der Waals surface area contributed by atoms with Gasteiger partial charge in [-0.05, 0) is 0 Å². The number of amides is 1. The molecule has 0 saturated heterocycles. The minimum Gasteiger partial charge on any atom is -0.493 e. The Bertz CT molecular complexity index is 393. The monoisotopic (exact) mass is 205 g/mol. The molecule has 0 aromatic heterocycles. The van der Waals surface area contributed by atoms with Gasteiger partial charge < -0.3 is 10.5 Å². The Morgan fingerprint density at radius 2 is 1.93 bits per heavy atom. The fourth-order valence-electron chi connectivity index (χ4n) is 0.948. The summed E-state index contributed by atoms with van der Waals surface area (Å²) in [6, 6.07) is 0.554.